The number of nitrogen functional groups attached to an aromatic ring is 1. The largest absolute Gasteiger partial charge is 0.496 e. The van der Waals surface area contributed by atoms with Gasteiger partial charge in [0, 0.05) is 11.8 Å². The van der Waals surface area contributed by atoms with Crippen molar-refractivity contribution in [3.05, 3.63) is 42.1 Å². The molecule has 82 valence electrons. The van der Waals surface area contributed by atoms with Crippen LogP contribution in [0.5, 0.6) is 5.75 Å². The maximum atomic E-state index is 5.55. The van der Waals surface area contributed by atoms with Crippen LogP contribution in [-0.4, -0.2) is 12.1 Å². The predicted octanol–water partition coefficient (Wildman–Crippen LogP) is 2.65. The Morgan fingerprint density at radius 1 is 1.12 bits per heavy atom. The first-order valence-corrected chi connectivity index (χ1v) is 5.07. The molecule has 1 aromatic carbocycles. The Hall–Kier alpha value is -2.03. The van der Waals surface area contributed by atoms with E-state index in [9.17, 15) is 0 Å². The van der Waals surface area contributed by atoms with Crippen LogP contribution in [0.2, 0.25) is 0 Å². The summed E-state index contributed by atoms with van der Waals surface area (Å²) in [7, 11) is 1.67. The fourth-order valence-electron chi connectivity index (χ4n) is 1.63. The summed E-state index contributed by atoms with van der Waals surface area (Å²) in [5.41, 5.74) is 8.83. The highest BCUT2D eigenvalue weighted by Crippen LogP contribution is 2.25. The fraction of sp³-hybridized carbons (Fsp3) is 0.154. The maximum Gasteiger partial charge on any atom is 0.123 e. The van der Waals surface area contributed by atoms with Gasteiger partial charge in [0.2, 0.25) is 0 Å². The standard InChI is InChI=1S/C13H14N2O/c1-9-7-10(3-5-12(9)16-2)11-4-6-13(14)15-8-11/h3-8H,1-2H3,(H2,14,15). The van der Waals surface area contributed by atoms with Gasteiger partial charge in [-0.2, -0.15) is 0 Å². The van der Waals surface area contributed by atoms with E-state index in [2.05, 4.69) is 11.1 Å². The van der Waals surface area contributed by atoms with Gasteiger partial charge >= 0.3 is 0 Å². The number of benzene rings is 1. The van der Waals surface area contributed by atoms with Crippen LogP contribution in [0.1, 0.15) is 5.56 Å². The van der Waals surface area contributed by atoms with Gasteiger partial charge in [-0.3, -0.25) is 0 Å². The van der Waals surface area contributed by atoms with Crippen molar-refractivity contribution in [3.8, 4) is 16.9 Å². The number of pyridine rings is 1. The van der Waals surface area contributed by atoms with Gasteiger partial charge in [0.05, 0.1) is 7.11 Å². The molecule has 0 spiro atoms. The molecule has 0 saturated carbocycles. The van der Waals surface area contributed by atoms with E-state index in [1.807, 2.05) is 25.1 Å². The number of hydrogen-bond acceptors (Lipinski definition) is 3. The van der Waals surface area contributed by atoms with Crippen LogP contribution in [0.3, 0.4) is 0 Å². The third-order valence-corrected chi connectivity index (χ3v) is 2.51. The first kappa shape index (κ1) is 10.5. The lowest BCUT2D eigenvalue weighted by Crippen LogP contribution is -1.90. The quantitative estimate of drug-likeness (QED) is 0.836. The summed E-state index contributed by atoms with van der Waals surface area (Å²) < 4.78 is 5.22. The van der Waals surface area contributed by atoms with Crippen LogP contribution in [0.25, 0.3) is 11.1 Å². The molecule has 3 heteroatoms. The molecule has 2 N–H and O–H groups in total. The number of hydrogen-bond donors (Lipinski definition) is 1. The van der Waals surface area contributed by atoms with Crippen molar-refractivity contribution in [2.75, 3.05) is 12.8 Å². The summed E-state index contributed by atoms with van der Waals surface area (Å²) in [5, 5.41) is 0. The molecule has 16 heavy (non-hydrogen) atoms. The molecule has 0 aliphatic carbocycles. The Morgan fingerprint density at radius 2 is 1.88 bits per heavy atom. The number of anilines is 1. The summed E-state index contributed by atoms with van der Waals surface area (Å²) in [5.74, 6) is 1.43. The van der Waals surface area contributed by atoms with Gasteiger partial charge in [0.15, 0.2) is 0 Å². The zero-order valence-corrected chi connectivity index (χ0v) is 9.40. The van der Waals surface area contributed by atoms with Crippen LogP contribution in [0.15, 0.2) is 36.5 Å². The third kappa shape index (κ3) is 1.98. The SMILES string of the molecule is COc1ccc(-c2ccc(N)nc2)cc1C. The lowest BCUT2D eigenvalue weighted by atomic mass is 10.0. The molecule has 0 aliphatic heterocycles. The minimum Gasteiger partial charge on any atom is -0.496 e. The van der Waals surface area contributed by atoms with Crippen molar-refractivity contribution in [1.82, 2.24) is 4.98 Å². The maximum absolute atomic E-state index is 5.55. The van der Waals surface area contributed by atoms with E-state index >= 15 is 0 Å². The molecule has 0 atom stereocenters. The molecule has 0 saturated heterocycles. The van der Waals surface area contributed by atoms with E-state index < -0.39 is 0 Å². The summed E-state index contributed by atoms with van der Waals surface area (Å²) in [6.07, 6.45) is 1.77. The normalized spacial score (nSPS) is 10.1. The van der Waals surface area contributed by atoms with Crippen LogP contribution in [-0.2, 0) is 0 Å². The smallest absolute Gasteiger partial charge is 0.123 e. The second-order valence-electron chi connectivity index (χ2n) is 3.66. The van der Waals surface area contributed by atoms with Crippen molar-refractivity contribution in [2.24, 2.45) is 0 Å². The molecule has 3 nitrogen and oxygen atoms in total. The van der Waals surface area contributed by atoms with Crippen molar-refractivity contribution in [3.63, 3.8) is 0 Å². The van der Waals surface area contributed by atoms with E-state index in [1.54, 1.807) is 19.4 Å². The second kappa shape index (κ2) is 4.23. The first-order chi connectivity index (χ1) is 7.70. The highest BCUT2D eigenvalue weighted by molar-refractivity contribution is 5.65. The Morgan fingerprint density at radius 3 is 2.44 bits per heavy atom. The van der Waals surface area contributed by atoms with Crippen LogP contribution in [0.4, 0.5) is 5.82 Å². The molecule has 0 unspecified atom stereocenters. The van der Waals surface area contributed by atoms with Gasteiger partial charge in [0.1, 0.15) is 11.6 Å². The summed E-state index contributed by atoms with van der Waals surface area (Å²) in [6, 6.07) is 9.81. The van der Waals surface area contributed by atoms with Crippen LogP contribution < -0.4 is 10.5 Å². The van der Waals surface area contributed by atoms with E-state index in [0.717, 1.165) is 22.4 Å². The summed E-state index contributed by atoms with van der Waals surface area (Å²) in [4.78, 5) is 4.07. The zero-order chi connectivity index (χ0) is 11.5. The molecule has 0 radical (unpaired) electrons. The number of aryl methyl sites for hydroxylation is 1. The van der Waals surface area contributed by atoms with Crippen LogP contribution in [0, 0.1) is 6.92 Å². The Labute approximate surface area is 94.9 Å². The lowest BCUT2D eigenvalue weighted by molar-refractivity contribution is 0.412. The molecule has 1 aromatic heterocycles. The van der Waals surface area contributed by atoms with Crippen molar-refractivity contribution >= 4 is 5.82 Å². The molecular weight excluding hydrogens is 200 g/mol. The van der Waals surface area contributed by atoms with Gasteiger partial charge in [-0.25, -0.2) is 4.98 Å². The predicted molar refractivity (Wildman–Crippen MR) is 65.4 cm³/mol. The molecule has 2 rings (SSSR count). The van der Waals surface area contributed by atoms with E-state index in [1.165, 1.54) is 0 Å². The number of aromatic nitrogens is 1. The number of rotatable bonds is 2. The van der Waals surface area contributed by atoms with Crippen LogP contribution >= 0.6 is 0 Å². The van der Waals surface area contributed by atoms with Gasteiger partial charge in [-0.05, 0) is 42.3 Å². The summed E-state index contributed by atoms with van der Waals surface area (Å²) in [6.45, 7) is 2.02. The van der Waals surface area contributed by atoms with Gasteiger partial charge in [-0.15, -0.1) is 0 Å². The molecule has 1 heterocycles. The minimum absolute atomic E-state index is 0.536. The summed E-state index contributed by atoms with van der Waals surface area (Å²) >= 11 is 0. The highest BCUT2D eigenvalue weighted by atomic mass is 16.5. The van der Waals surface area contributed by atoms with E-state index in [-0.39, 0.29) is 0 Å². The topological polar surface area (TPSA) is 48.1 Å². The number of ether oxygens (including phenoxy) is 1. The molecule has 0 aliphatic rings. The second-order valence-corrected chi connectivity index (χ2v) is 3.66. The molecule has 0 fully saturated rings. The number of methoxy groups -OCH3 is 1. The first-order valence-electron chi connectivity index (χ1n) is 5.07. The lowest BCUT2D eigenvalue weighted by Gasteiger charge is -2.07. The van der Waals surface area contributed by atoms with Gasteiger partial charge in [0.25, 0.3) is 0 Å². The number of nitrogens with zero attached hydrogens (tertiary/aromatic N) is 1. The Kier molecular flexibility index (Phi) is 2.77. The van der Waals surface area contributed by atoms with Crippen molar-refractivity contribution in [1.29, 1.82) is 0 Å². The Balaban J connectivity index is 2.41. The monoisotopic (exact) mass is 214 g/mol. The third-order valence-electron chi connectivity index (χ3n) is 2.51. The number of nitrogens with two attached hydrogens (primary N) is 1. The molecule has 0 bridgehead atoms. The molecular formula is C13H14N2O. The van der Waals surface area contributed by atoms with Crippen molar-refractivity contribution in [2.45, 2.75) is 6.92 Å². The fourth-order valence-corrected chi connectivity index (χ4v) is 1.63. The average molecular weight is 214 g/mol. The van der Waals surface area contributed by atoms with Gasteiger partial charge < -0.3 is 10.5 Å². The zero-order valence-electron chi connectivity index (χ0n) is 9.40. The van der Waals surface area contributed by atoms with E-state index in [4.69, 9.17) is 10.5 Å². The Bertz CT molecular complexity index is 492. The van der Waals surface area contributed by atoms with Crippen molar-refractivity contribution < 1.29 is 4.74 Å². The average Bonchev–Trinajstić information content (AvgIpc) is 2.30. The molecule has 2 aromatic rings. The highest BCUT2D eigenvalue weighted by Gasteiger charge is 2.02. The minimum atomic E-state index is 0.536. The molecule has 0 amide bonds. The van der Waals surface area contributed by atoms with Gasteiger partial charge in [-0.1, -0.05) is 6.07 Å². The van der Waals surface area contributed by atoms with E-state index in [0.29, 0.717) is 5.82 Å².